The van der Waals surface area contributed by atoms with Gasteiger partial charge in [-0.15, -0.1) is 0 Å². The molecule has 150 valence electrons. The summed E-state index contributed by atoms with van der Waals surface area (Å²) in [7, 11) is 1.87. The minimum absolute atomic E-state index is 0.162. The Bertz CT molecular complexity index is 815. The molecule has 1 unspecified atom stereocenters. The van der Waals surface area contributed by atoms with Gasteiger partial charge in [0.15, 0.2) is 0 Å². The number of carbonyl (C=O) groups is 3. The lowest BCUT2D eigenvalue weighted by molar-refractivity contribution is -0.136. The molecule has 0 radical (unpaired) electrons. The van der Waals surface area contributed by atoms with Crippen LogP contribution in [-0.4, -0.2) is 65.9 Å². The van der Waals surface area contributed by atoms with Gasteiger partial charge >= 0.3 is 0 Å². The van der Waals surface area contributed by atoms with E-state index >= 15 is 0 Å². The van der Waals surface area contributed by atoms with E-state index in [0.717, 1.165) is 17.7 Å². The maximum Gasteiger partial charge on any atom is 0.255 e. The smallest absolute Gasteiger partial charge is 0.255 e. The third-order valence-corrected chi connectivity index (χ3v) is 5.89. The van der Waals surface area contributed by atoms with Crippen molar-refractivity contribution in [1.29, 1.82) is 0 Å². The molecule has 28 heavy (non-hydrogen) atoms. The van der Waals surface area contributed by atoms with E-state index in [1.807, 2.05) is 19.2 Å². The van der Waals surface area contributed by atoms with Crippen LogP contribution in [0.15, 0.2) is 18.2 Å². The summed E-state index contributed by atoms with van der Waals surface area (Å²) >= 11 is 0. The van der Waals surface area contributed by atoms with Crippen LogP contribution in [0.25, 0.3) is 0 Å². The number of amides is 3. The Morgan fingerprint density at radius 2 is 2.11 bits per heavy atom. The number of rotatable bonds is 5. The summed E-state index contributed by atoms with van der Waals surface area (Å²) in [6.07, 6.45) is 0.327. The highest BCUT2D eigenvalue weighted by Gasteiger charge is 2.39. The average molecular weight is 388 g/mol. The highest BCUT2D eigenvalue weighted by Crippen LogP contribution is 2.29. The molecule has 3 aliphatic heterocycles. The molecule has 2 fully saturated rings. The predicted octanol–water partition coefficient (Wildman–Crippen LogP) is 0.579. The number of benzene rings is 1. The number of piperidine rings is 1. The SMILES string of the molecule is CNC[C@@H]1C[C@H](F)CN1Cc1ccc2c(c1)CN(C1CCC(=O)NC1=O)C2=O. The van der Waals surface area contributed by atoms with Crippen LogP contribution in [0.3, 0.4) is 0 Å². The first-order chi connectivity index (χ1) is 13.5. The fourth-order valence-corrected chi connectivity index (χ4v) is 4.52. The molecule has 2 saturated heterocycles. The van der Waals surface area contributed by atoms with E-state index in [1.54, 1.807) is 11.0 Å². The topological polar surface area (TPSA) is 81.8 Å². The van der Waals surface area contributed by atoms with Crippen molar-refractivity contribution in [2.45, 2.75) is 50.6 Å². The number of halogens is 1. The summed E-state index contributed by atoms with van der Waals surface area (Å²) < 4.78 is 13.9. The molecule has 3 heterocycles. The van der Waals surface area contributed by atoms with Gasteiger partial charge in [-0.05, 0) is 37.1 Å². The van der Waals surface area contributed by atoms with E-state index in [-0.39, 0.29) is 24.3 Å². The third-order valence-electron chi connectivity index (χ3n) is 5.89. The molecule has 0 aliphatic carbocycles. The lowest BCUT2D eigenvalue weighted by atomic mass is 10.0. The van der Waals surface area contributed by atoms with Gasteiger partial charge in [-0.3, -0.25) is 24.6 Å². The molecule has 3 amide bonds. The summed E-state index contributed by atoms with van der Waals surface area (Å²) in [5.74, 6) is -0.867. The van der Waals surface area contributed by atoms with Gasteiger partial charge in [0.05, 0.1) is 0 Å². The van der Waals surface area contributed by atoms with Crippen molar-refractivity contribution in [2.75, 3.05) is 20.1 Å². The van der Waals surface area contributed by atoms with Crippen LogP contribution in [0.5, 0.6) is 0 Å². The van der Waals surface area contributed by atoms with Gasteiger partial charge in [0.1, 0.15) is 12.2 Å². The standard InChI is InChI=1S/C20H25FN4O3/c1-22-8-15-7-14(21)11-24(15)9-12-2-3-16-13(6-12)10-25(20(16)28)17-4-5-18(26)23-19(17)27/h2-3,6,14-15,17,22H,4-5,7-11H2,1H3,(H,23,26,27)/t14-,15-,17?/m0/s1. The number of imide groups is 1. The van der Waals surface area contributed by atoms with Crippen molar-refractivity contribution in [1.82, 2.24) is 20.4 Å². The van der Waals surface area contributed by atoms with Crippen LogP contribution in [0, 0.1) is 0 Å². The molecule has 1 aromatic rings. The normalized spacial score (nSPS) is 28.0. The minimum atomic E-state index is -0.808. The fourth-order valence-electron chi connectivity index (χ4n) is 4.52. The first-order valence-corrected chi connectivity index (χ1v) is 9.75. The quantitative estimate of drug-likeness (QED) is 0.722. The number of alkyl halides is 1. The number of likely N-dealkylation sites (N-methyl/N-ethyl adjacent to an activating group) is 1. The molecule has 4 rings (SSSR count). The maximum absolute atomic E-state index is 13.9. The van der Waals surface area contributed by atoms with Crippen LogP contribution in [-0.2, 0) is 22.7 Å². The number of nitrogens with one attached hydrogen (secondary N) is 2. The molecular weight excluding hydrogens is 363 g/mol. The summed E-state index contributed by atoms with van der Waals surface area (Å²) in [5, 5.41) is 5.44. The first kappa shape index (κ1) is 19.0. The van der Waals surface area contributed by atoms with Gasteiger partial charge < -0.3 is 10.2 Å². The average Bonchev–Trinajstić information content (AvgIpc) is 3.15. The van der Waals surface area contributed by atoms with Crippen molar-refractivity contribution < 1.29 is 18.8 Å². The van der Waals surface area contributed by atoms with Gasteiger partial charge in [-0.25, -0.2) is 4.39 Å². The molecule has 2 N–H and O–H groups in total. The summed E-state index contributed by atoms with van der Waals surface area (Å²) in [4.78, 5) is 39.9. The number of carbonyl (C=O) groups excluding carboxylic acids is 3. The maximum atomic E-state index is 13.9. The summed E-state index contributed by atoms with van der Waals surface area (Å²) in [6, 6.07) is 5.25. The molecule has 3 atom stereocenters. The zero-order valence-corrected chi connectivity index (χ0v) is 15.9. The zero-order valence-electron chi connectivity index (χ0n) is 15.9. The van der Waals surface area contributed by atoms with Crippen LogP contribution >= 0.6 is 0 Å². The van der Waals surface area contributed by atoms with Crippen molar-refractivity contribution in [3.63, 3.8) is 0 Å². The lowest BCUT2D eigenvalue weighted by Gasteiger charge is -2.29. The Morgan fingerprint density at radius 1 is 1.29 bits per heavy atom. The minimum Gasteiger partial charge on any atom is -0.322 e. The van der Waals surface area contributed by atoms with Crippen LogP contribution in [0.2, 0.25) is 0 Å². The highest BCUT2D eigenvalue weighted by atomic mass is 19.1. The number of hydrogen-bond donors (Lipinski definition) is 2. The second-order valence-electron chi connectivity index (χ2n) is 7.87. The Morgan fingerprint density at radius 3 is 2.86 bits per heavy atom. The van der Waals surface area contributed by atoms with Gasteiger partial charge in [-0.1, -0.05) is 12.1 Å². The monoisotopic (exact) mass is 388 g/mol. The van der Waals surface area contributed by atoms with E-state index in [0.29, 0.717) is 38.0 Å². The molecular formula is C20H25FN4O3. The Hall–Kier alpha value is -2.32. The molecule has 0 spiro atoms. The first-order valence-electron chi connectivity index (χ1n) is 9.75. The van der Waals surface area contributed by atoms with Gasteiger partial charge in [0.25, 0.3) is 5.91 Å². The van der Waals surface area contributed by atoms with E-state index in [4.69, 9.17) is 0 Å². The van der Waals surface area contributed by atoms with E-state index in [2.05, 4.69) is 15.5 Å². The van der Waals surface area contributed by atoms with Crippen molar-refractivity contribution in [3.05, 3.63) is 34.9 Å². The lowest BCUT2D eigenvalue weighted by Crippen LogP contribution is -2.52. The van der Waals surface area contributed by atoms with Gasteiger partial charge in [0, 0.05) is 44.2 Å². The van der Waals surface area contributed by atoms with Crippen molar-refractivity contribution in [3.8, 4) is 0 Å². The molecule has 0 bridgehead atoms. The molecule has 1 aromatic carbocycles. The summed E-state index contributed by atoms with van der Waals surface area (Å²) in [5.41, 5.74) is 2.52. The van der Waals surface area contributed by atoms with Gasteiger partial charge in [-0.2, -0.15) is 0 Å². The molecule has 8 heteroatoms. The number of likely N-dealkylation sites (tertiary alicyclic amines) is 1. The number of nitrogens with zero attached hydrogens (tertiary/aromatic N) is 2. The van der Waals surface area contributed by atoms with Crippen molar-refractivity contribution in [2.24, 2.45) is 0 Å². The molecule has 0 aromatic heterocycles. The highest BCUT2D eigenvalue weighted by molar-refractivity contribution is 6.05. The fraction of sp³-hybridized carbons (Fsp3) is 0.550. The Kier molecular flexibility index (Phi) is 5.16. The second-order valence-corrected chi connectivity index (χ2v) is 7.87. The zero-order chi connectivity index (χ0) is 19.8. The molecule has 0 saturated carbocycles. The number of hydrogen-bond acceptors (Lipinski definition) is 5. The third kappa shape index (κ3) is 3.54. The number of fused-ring (bicyclic) bond motifs is 1. The largest absolute Gasteiger partial charge is 0.322 e. The van der Waals surface area contributed by atoms with Crippen LogP contribution in [0.4, 0.5) is 4.39 Å². The van der Waals surface area contributed by atoms with E-state index in [9.17, 15) is 18.8 Å². The van der Waals surface area contributed by atoms with Crippen molar-refractivity contribution >= 4 is 17.7 Å². The predicted molar refractivity (Wildman–Crippen MR) is 100 cm³/mol. The summed E-state index contributed by atoms with van der Waals surface area (Å²) in [6.45, 7) is 2.16. The van der Waals surface area contributed by atoms with Gasteiger partial charge in [0.2, 0.25) is 11.8 Å². The van der Waals surface area contributed by atoms with E-state index < -0.39 is 18.1 Å². The Labute approximate surface area is 163 Å². The van der Waals surface area contributed by atoms with E-state index in [1.165, 1.54) is 0 Å². The molecule has 3 aliphatic rings. The molecule has 7 nitrogen and oxygen atoms in total. The van der Waals surface area contributed by atoms with Crippen LogP contribution in [0.1, 0.15) is 40.7 Å². The van der Waals surface area contributed by atoms with Crippen LogP contribution < -0.4 is 10.6 Å². The second kappa shape index (κ2) is 7.60. The Balaban J connectivity index is 1.48.